The first kappa shape index (κ1) is 26.0. The largest absolute Gasteiger partial charge is 0.480 e. The van der Waals surface area contributed by atoms with E-state index in [1.165, 1.54) is 0 Å². The average Bonchev–Trinajstić information content (AvgIpc) is 2.72. The monoisotopic (exact) mass is 474 g/mol. The molecule has 0 bridgehead atoms. The van der Waals surface area contributed by atoms with Crippen LogP contribution >= 0.6 is 0 Å². The molecule has 12 nitrogen and oxygen atoms in total. The molecule has 2 unspecified atom stereocenters. The Kier molecular flexibility index (Phi) is 8.60. The van der Waals surface area contributed by atoms with Crippen molar-refractivity contribution in [3.05, 3.63) is 0 Å². The summed E-state index contributed by atoms with van der Waals surface area (Å²) in [5.74, 6) is -4.32. The molecule has 32 heavy (non-hydrogen) atoms. The topological polar surface area (TPSA) is 200 Å². The van der Waals surface area contributed by atoms with Crippen molar-refractivity contribution in [2.24, 2.45) is 22.8 Å². The van der Waals surface area contributed by atoms with E-state index in [9.17, 15) is 27.9 Å². The van der Waals surface area contributed by atoms with Crippen molar-refractivity contribution >= 4 is 33.6 Å². The van der Waals surface area contributed by atoms with Crippen molar-refractivity contribution in [1.29, 1.82) is 5.41 Å². The molecule has 0 spiro atoms. The Morgan fingerprint density at radius 1 is 1.31 bits per heavy atom. The molecule has 0 aromatic heterocycles. The fourth-order valence-electron chi connectivity index (χ4n) is 4.57. The van der Waals surface area contributed by atoms with Crippen LogP contribution in [0.15, 0.2) is 0 Å². The van der Waals surface area contributed by atoms with Gasteiger partial charge in [0.15, 0.2) is 0 Å². The fourth-order valence-corrected chi connectivity index (χ4v) is 6.40. The molecule has 0 radical (unpaired) electrons. The van der Waals surface area contributed by atoms with Crippen molar-refractivity contribution in [2.75, 3.05) is 38.5 Å². The number of unbranched alkanes of at least 4 members (excludes halogenated alkanes) is 1. The van der Waals surface area contributed by atoms with Gasteiger partial charge in [-0.1, -0.05) is 13.3 Å². The minimum atomic E-state index is -4.01. The molecule has 0 aromatic carbocycles. The zero-order valence-electron chi connectivity index (χ0n) is 18.4. The van der Waals surface area contributed by atoms with Crippen LogP contribution in [0.1, 0.15) is 39.0 Å². The molecule has 13 heteroatoms. The van der Waals surface area contributed by atoms with Gasteiger partial charge in [-0.3, -0.25) is 19.8 Å². The Labute approximate surface area is 188 Å². The van der Waals surface area contributed by atoms with Gasteiger partial charge in [0.25, 0.3) is 0 Å². The van der Waals surface area contributed by atoms with E-state index >= 15 is 0 Å². The Balaban J connectivity index is 2.61. The summed E-state index contributed by atoms with van der Waals surface area (Å²) in [4.78, 5) is 38.6. The first-order valence-corrected chi connectivity index (χ1v) is 12.4. The average molecular weight is 475 g/mol. The number of hydrogen-bond acceptors (Lipinski definition) is 7. The van der Waals surface area contributed by atoms with Gasteiger partial charge in [0.05, 0.1) is 5.75 Å². The van der Waals surface area contributed by atoms with E-state index in [1.54, 1.807) is 0 Å². The summed E-state index contributed by atoms with van der Waals surface area (Å²) in [6.45, 7) is 2.10. The lowest BCUT2D eigenvalue weighted by Crippen LogP contribution is -2.71. The van der Waals surface area contributed by atoms with Gasteiger partial charge < -0.3 is 26.8 Å². The molecule has 2 rings (SSSR count). The van der Waals surface area contributed by atoms with Crippen molar-refractivity contribution in [1.82, 2.24) is 14.5 Å². The first-order valence-electron chi connectivity index (χ1n) is 10.8. The van der Waals surface area contributed by atoms with E-state index in [-0.39, 0.29) is 31.2 Å². The second kappa shape index (κ2) is 10.6. The lowest BCUT2D eigenvalue weighted by atomic mass is 9.69. The number of carbonyl (C=O) groups excluding carboxylic acids is 2. The number of sulfonamides is 1. The zero-order chi connectivity index (χ0) is 24.1. The number of hydrogen-bond donors (Lipinski definition) is 5. The molecule has 3 atom stereocenters. The van der Waals surface area contributed by atoms with Crippen LogP contribution in [0.2, 0.25) is 0 Å². The number of rotatable bonds is 11. The van der Waals surface area contributed by atoms with Crippen molar-refractivity contribution in [3.8, 4) is 0 Å². The van der Waals surface area contributed by atoms with Gasteiger partial charge in [0.2, 0.25) is 21.8 Å². The number of amides is 2. The zero-order valence-corrected chi connectivity index (χ0v) is 19.2. The second-order valence-corrected chi connectivity index (χ2v) is 10.5. The highest BCUT2D eigenvalue weighted by molar-refractivity contribution is 7.89. The van der Waals surface area contributed by atoms with Crippen molar-refractivity contribution < 1.29 is 27.9 Å². The maximum Gasteiger partial charge on any atom is 0.323 e. The van der Waals surface area contributed by atoms with Gasteiger partial charge in [-0.2, -0.15) is 4.31 Å². The summed E-state index contributed by atoms with van der Waals surface area (Å²) in [6, 6.07) is -1.70. The minimum absolute atomic E-state index is 0.0816. The third-order valence-electron chi connectivity index (χ3n) is 6.26. The van der Waals surface area contributed by atoms with E-state index in [0.29, 0.717) is 25.8 Å². The fraction of sp³-hybridized carbons (Fsp3) is 0.789. The molecule has 2 aliphatic heterocycles. The number of piperidine rings is 1. The highest BCUT2D eigenvalue weighted by Crippen LogP contribution is 2.39. The number of nitrogens with one attached hydrogen (secondary N) is 2. The standard InChI is InChI=1S/C19H34N6O6S/c1-2-3-9-32(30,31)25-8-7-24(12-14(26)27)16(28)15(25)19(17(20)21,18(22)29)10-13-5-4-6-23-11-13/h13,15,23H,2-12H2,1H3,(H3,20,21)(H2,22,29)(H,26,27)/t13?,15?,19-/m0/s1. The Morgan fingerprint density at radius 3 is 2.50 bits per heavy atom. The summed E-state index contributed by atoms with van der Waals surface area (Å²) in [6.07, 6.45) is 2.35. The van der Waals surface area contributed by atoms with Gasteiger partial charge in [-0.15, -0.1) is 0 Å². The van der Waals surface area contributed by atoms with Gasteiger partial charge in [-0.05, 0) is 44.7 Å². The molecule has 0 aromatic rings. The summed E-state index contributed by atoms with van der Waals surface area (Å²) >= 11 is 0. The second-order valence-electron chi connectivity index (χ2n) is 8.50. The summed E-state index contributed by atoms with van der Waals surface area (Å²) in [5.41, 5.74) is 9.55. The number of amidine groups is 1. The maximum atomic E-state index is 13.5. The number of carbonyl (C=O) groups is 3. The molecular weight excluding hydrogens is 440 g/mol. The van der Waals surface area contributed by atoms with Gasteiger partial charge in [0.1, 0.15) is 23.8 Å². The number of carboxylic acids is 1. The van der Waals surface area contributed by atoms with E-state index in [0.717, 1.165) is 22.2 Å². The molecule has 0 aliphatic carbocycles. The van der Waals surface area contributed by atoms with Crippen molar-refractivity contribution in [3.63, 3.8) is 0 Å². The lowest BCUT2D eigenvalue weighted by Gasteiger charge is -2.48. The third-order valence-corrected chi connectivity index (χ3v) is 8.17. The first-order chi connectivity index (χ1) is 15.0. The Morgan fingerprint density at radius 2 is 2.00 bits per heavy atom. The molecule has 7 N–H and O–H groups in total. The number of aliphatic carboxylic acids is 1. The highest BCUT2D eigenvalue weighted by Gasteiger charge is 2.59. The molecule has 0 saturated carbocycles. The van der Waals surface area contributed by atoms with E-state index in [2.05, 4.69) is 5.32 Å². The van der Waals surface area contributed by atoms with Gasteiger partial charge >= 0.3 is 5.97 Å². The number of nitrogens with two attached hydrogens (primary N) is 2. The predicted octanol–water partition coefficient (Wildman–Crippen LogP) is -1.49. The quantitative estimate of drug-likeness (QED) is 0.176. The van der Waals surface area contributed by atoms with Crippen LogP contribution in [0.4, 0.5) is 0 Å². The molecule has 2 heterocycles. The van der Waals surface area contributed by atoms with Crippen LogP contribution < -0.4 is 16.8 Å². The van der Waals surface area contributed by atoms with E-state index in [1.807, 2.05) is 6.92 Å². The number of nitrogens with zero attached hydrogens (tertiary/aromatic N) is 2. The SMILES string of the molecule is CCCCS(=O)(=O)N1CCN(CC(=O)O)C(=O)C1[C@@](CC1CCCNC1)(C(=N)N)C(N)=O. The smallest absolute Gasteiger partial charge is 0.323 e. The van der Waals surface area contributed by atoms with Crippen LogP contribution in [0.3, 0.4) is 0 Å². The highest BCUT2D eigenvalue weighted by atomic mass is 32.2. The maximum absolute atomic E-state index is 13.5. The number of carboxylic acid groups (broad SMARTS) is 1. The van der Waals surface area contributed by atoms with Crippen LogP contribution in [-0.2, 0) is 24.4 Å². The molecule has 182 valence electrons. The molecule has 2 amide bonds. The van der Waals surface area contributed by atoms with Gasteiger partial charge in [-0.25, -0.2) is 8.42 Å². The van der Waals surface area contributed by atoms with E-state index < -0.39 is 51.6 Å². The molecular formula is C19H34N6O6S. The predicted molar refractivity (Wildman–Crippen MR) is 117 cm³/mol. The lowest BCUT2D eigenvalue weighted by molar-refractivity contribution is -0.153. The van der Waals surface area contributed by atoms with Crippen LogP contribution in [-0.4, -0.2) is 90.9 Å². The third kappa shape index (κ3) is 5.38. The van der Waals surface area contributed by atoms with Crippen molar-refractivity contribution in [2.45, 2.75) is 45.1 Å². The molecule has 2 saturated heterocycles. The Bertz CT molecular complexity index is 827. The van der Waals surface area contributed by atoms with Crippen LogP contribution in [0.5, 0.6) is 0 Å². The number of piperazine rings is 1. The minimum Gasteiger partial charge on any atom is -0.480 e. The summed E-state index contributed by atoms with van der Waals surface area (Å²) in [5, 5.41) is 20.6. The van der Waals surface area contributed by atoms with Crippen LogP contribution in [0.25, 0.3) is 0 Å². The summed E-state index contributed by atoms with van der Waals surface area (Å²) in [7, 11) is -4.01. The van der Waals surface area contributed by atoms with Crippen LogP contribution in [0, 0.1) is 16.7 Å². The Hall–Kier alpha value is -2.25. The molecule has 2 aliphatic rings. The number of primary amides is 1. The molecule has 2 fully saturated rings. The summed E-state index contributed by atoms with van der Waals surface area (Å²) < 4.78 is 27.3. The normalized spacial score (nSPS) is 24.7. The van der Waals surface area contributed by atoms with E-state index in [4.69, 9.17) is 16.9 Å². The van der Waals surface area contributed by atoms with Gasteiger partial charge in [0, 0.05) is 13.1 Å².